The van der Waals surface area contributed by atoms with Gasteiger partial charge in [-0.3, -0.25) is 0 Å². The van der Waals surface area contributed by atoms with Crippen LogP contribution in [0.2, 0.25) is 0 Å². The number of hydrogen-bond donors (Lipinski definition) is 2. The Kier molecular flexibility index (Phi) is 4.67. The van der Waals surface area contributed by atoms with E-state index in [0.717, 1.165) is 22.0 Å². The summed E-state index contributed by atoms with van der Waals surface area (Å²) in [6, 6.07) is 19.3. The van der Waals surface area contributed by atoms with Gasteiger partial charge in [0, 0.05) is 30.9 Å². The third-order valence-corrected chi connectivity index (χ3v) is 4.81. The second-order valence-electron chi connectivity index (χ2n) is 6.57. The SMILES string of the molecule is CN(C)c1ccc(-c2n[nH]c(=S)n2N=Cc2c(O)ccc3ccccc23)cc1. The monoisotopic (exact) mass is 389 g/mol. The van der Waals surface area contributed by atoms with E-state index in [1.807, 2.05) is 73.6 Å². The number of aromatic hydroxyl groups is 1. The van der Waals surface area contributed by atoms with Crippen LogP contribution in [0.5, 0.6) is 5.75 Å². The maximum Gasteiger partial charge on any atom is 0.216 e. The van der Waals surface area contributed by atoms with E-state index in [9.17, 15) is 5.11 Å². The molecule has 0 amide bonds. The Labute approximate surface area is 167 Å². The number of fused-ring (bicyclic) bond motifs is 1. The Balaban J connectivity index is 1.77. The van der Waals surface area contributed by atoms with Crippen molar-refractivity contribution in [3.05, 3.63) is 71.0 Å². The summed E-state index contributed by atoms with van der Waals surface area (Å²) < 4.78 is 1.93. The van der Waals surface area contributed by atoms with E-state index < -0.39 is 0 Å². The number of nitrogens with zero attached hydrogens (tertiary/aromatic N) is 4. The highest BCUT2D eigenvalue weighted by Crippen LogP contribution is 2.26. The summed E-state index contributed by atoms with van der Waals surface area (Å²) in [5.74, 6) is 0.764. The zero-order valence-electron chi connectivity index (χ0n) is 15.5. The number of rotatable bonds is 4. The van der Waals surface area contributed by atoms with Gasteiger partial charge in [-0.1, -0.05) is 30.3 Å². The highest BCUT2D eigenvalue weighted by Gasteiger charge is 2.10. The molecule has 28 heavy (non-hydrogen) atoms. The van der Waals surface area contributed by atoms with E-state index in [1.165, 1.54) is 0 Å². The van der Waals surface area contributed by atoms with E-state index in [-0.39, 0.29) is 5.75 Å². The fourth-order valence-electron chi connectivity index (χ4n) is 3.03. The van der Waals surface area contributed by atoms with E-state index in [1.54, 1.807) is 17.0 Å². The molecule has 4 rings (SSSR count). The van der Waals surface area contributed by atoms with Gasteiger partial charge >= 0.3 is 0 Å². The zero-order valence-corrected chi connectivity index (χ0v) is 16.3. The van der Waals surface area contributed by atoms with Crippen molar-refractivity contribution >= 4 is 34.9 Å². The van der Waals surface area contributed by atoms with Crippen molar-refractivity contribution in [2.24, 2.45) is 5.10 Å². The lowest BCUT2D eigenvalue weighted by Crippen LogP contribution is -2.08. The minimum atomic E-state index is 0.161. The molecule has 0 fully saturated rings. The number of phenols is 1. The first-order chi connectivity index (χ1) is 13.5. The van der Waals surface area contributed by atoms with Crippen LogP contribution in [0.25, 0.3) is 22.2 Å². The predicted octanol–water partition coefficient (Wildman–Crippen LogP) is 4.41. The second kappa shape index (κ2) is 7.28. The van der Waals surface area contributed by atoms with Crippen molar-refractivity contribution in [3.8, 4) is 17.1 Å². The lowest BCUT2D eigenvalue weighted by Gasteiger charge is -2.12. The van der Waals surface area contributed by atoms with E-state index >= 15 is 0 Å². The maximum atomic E-state index is 10.3. The third-order valence-electron chi connectivity index (χ3n) is 4.54. The molecule has 3 aromatic carbocycles. The molecule has 0 saturated heterocycles. The van der Waals surface area contributed by atoms with Gasteiger partial charge in [-0.15, -0.1) is 0 Å². The maximum absolute atomic E-state index is 10.3. The summed E-state index contributed by atoms with van der Waals surface area (Å²) in [5.41, 5.74) is 2.61. The molecule has 0 atom stereocenters. The van der Waals surface area contributed by atoms with Crippen molar-refractivity contribution in [3.63, 3.8) is 0 Å². The highest BCUT2D eigenvalue weighted by molar-refractivity contribution is 7.71. The summed E-state index contributed by atoms with van der Waals surface area (Å²) in [5, 5.41) is 23.9. The smallest absolute Gasteiger partial charge is 0.216 e. The lowest BCUT2D eigenvalue weighted by atomic mass is 10.0. The van der Waals surface area contributed by atoms with Gasteiger partial charge in [0.25, 0.3) is 0 Å². The minimum absolute atomic E-state index is 0.161. The average molecular weight is 389 g/mol. The van der Waals surface area contributed by atoms with Gasteiger partial charge in [0.1, 0.15) is 5.75 Å². The highest BCUT2D eigenvalue weighted by atomic mass is 32.1. The predicted molar refractivity (Wildman–Crippen MR) is 116 cm³/mol. The first-order valence-electron chi connectivity index (χ1n) is 8.75. The van der Waals surface area contributed by atoms with Crippen LogP contribution >= 0.6 is 12.2 Å². The van der Waals surface area contributed by atoms with E-state index in [4.69, 9.17) is 12.2 Å². The average Bonchev–Trinajstić information content (AvgIpc) is 3.08. The molecule has 0 spiro atoms. The number of phenolic OH excluding ortho intramolecular Hbond substituents is 1. The van der Waals surface area contributed by atoms with Crippen molar-refractivity contribution in [2.75, 3.05) is 19.0 Å². The quantitative estimate of drug-likeness (QED) is 0.401. The number of nitrogens with one attached hydrogen (secondary N) is 1. The molecule has 140 valence electrons. The Morgan fingerprint density at radius 3 is 2.57 bits per heavy atom. The Morgan fingerprint density at radius 1 is 1.07 bits per heavy atom. The van der Waals surface area contributed by atoms with Crippen LogP contribution in [-0.2, 0) is 0 Å². The molecular weight excluding hydrogens is 370 g/mol. The van der Waals surface area contributed by atoms with Gasteiger partial charge < -0.3 is 10.0 Å². The zero-order chi connectivity index (χ0) is 19.7. The van der Waals surface area contributed by atoms with Gasteiger partial charge in [-0.05, 0) is 53.3 Å². The van der Waals surface area contributed by atoms with Gasteiger partial charge in [0.2, 0.25) is 4.77 Å². The van der Waals surface area contributed by atoms with Crippen LogP contribution in [0.1, 0.15) is 5.56 Å². The summed E-state index contributed by atoms with van der Waals surface area (Å²) >= 11 is 5.34. The van der Waals surface area contributed by atoms with Crippen LogP contribution in [0.15, 0.2) is 65.8 Å². The number of aromatic amines is 1. The van der Waals surface area contributed by atoms with Crippen molar-refractivity contribution in [2.45, 2.75) is 0 Å². The molecule has 0 saturated carbocycles. The Bertz CT molecular complexity index is 1220. The van der Waals surface area contributed by atoms with Crippen LogP contribution in [0.3, 0.4) is 0 Å². The van der Waals surface area contributed by atoms with E-state index in [2.05, 4.69) is 15.3 Å². The van der Waals surface area contributed by atoms with Crippen LogP contribution in [-0.4, -0.2) is 40.3 Å². The van der Waals surface area contributed by atoms with Gasteiger partial charge in [0.05, 0.1) is 6.21 Å². The fourth-order valence-corrected chi connectivity index (χ4v) is 3.21. The largest absolute Gasteiger partial charge is 0.507 e. The molecule has 0 unspecified atom stereocenters. The molecule has 6 nitrogen and oxygen atoms in total. The van der Waals surface area contributed by atoms with Crippen LogP contribution in [0, 0.1) is 4.77 Å². The summed E-state index contributed by atoms with van der Waals surface area (Å²) in [7, 11) is 3.98. The summed E-state index contributed by atoms with van der Waals surface area (Å²) in [4.78, 5) is 2.03. The molecule has 0 bridgehead atoms. The minimum Gasteiger partial charge on any atom is -0.507 e. The molecule has 0 aliphatic heterocycles. The first kappa shape index (κ1) is 17.9. The number of anilines is 1. The van der Waals surface area contributed by atoms with Gasteiger partial charge in [0.15, 0.2) is 5.82 Å². The second-order valence-corrected chi connectivity index (χ2v) is 6.96. The fraction of sp³-hybridized carbons (Fsp3) is 0.0952. The Morgan fingerprint density at radius 2 is 1.82 bits per heavy atom. The van der Waals surface area contributed by atoms with Gasteiger partial charge in [-0.25, -0.2) is 5.10 Å². The number of hydrogen-bond acceptors (Lipinski definition) is 5. The lowest BCUT2D eigenvalue weighted by molar-refractivity contribution is 0.475. The van der Waals surface area contributed by atoms with Crippen molar-refractivity contribution in [1.82, 2.24) is 14.9 Å². The molecule has 2 N–H and O–H groups in total. The molecule has 1 aromatic heterocycles. The molecule has 4 aromatic rings. The first-order valence-corrected chi connectivity index (χ1v) is 9.15. The molecule has 1 heterocycles. The summed E-state index contributed by atoms with van der Waals surface area (Å²) in [6.07, 6.45) is 1.61. The molecular formula is C21H19N5OS. The normalized spacial score (nSPS) is 11.4. The molecule has 0 radical (unpaired) electrons. The van der Waals surface area contributed by atoms with Crippen molar-refractivity contribution in [1.29, 1.82) is 0 Å². The Hall–Kier alpha value is -3.45. The van der Waals surface area contributed by atoms with Crippen LogP contribution in [0.4, 0.5) is 5.69 Å². The van der Waals surface area contributed by atoms with Crippen molar-refractivity contribution < 1.29 is 5.11 Å². The summed E-state index contributed by atoms with van der Waals surface area (Å²) in [6.45, 7) is 0. The van der Waals surface area contributed by atoms with Crippen LogP contribution < -0.4 is 4.90 Å². The molecule has 0 aliphatic rings. The number of H-pyrrole nitrogens is 1. The molecule has 0 aliphatic carbocycles. The van der Waals surface area contributed by atoms with Gasteiger partial charge in [-0.2, -0.15) is 14.9 Å². The third kappa shape index (κ3) is 3.27. The number of benzene rings is 3. The standard InChI is InChI=1S/C21H19N5OS/c1-25(2)16-10-7-15(8-11-16)20-23-24-21(28)26(20)22-13-18-17-6-4-3-5-14(17)9-12-19(18)27/h3-13,27H,1-2H3,(H,24,28). The topological polar surface area (TPSA) is 69.4 Å². The molecule has 7 heteroatoms. The van der Waals surface area contributed by atoms with E-state index in [0.29, 0.717) is 16.2 Å². The number of aromatic nitrogens is 3.